The summed E-state index contributed by atoms with van der Waals surface area (Å²) in [6.45, 7) is 2.84. The fourth-order valence-corrected chi connectivity index (χ4v) is 3.03. The quantitative estimate of drug-likeness (QED) is 0.843. The number of carbonyl (C=O) groups is 1. The molecule has 0 aliphatic carbocycles. The molecule has 0 spiro atoms. The van der Waals surface area contributed by atoms with Gasteiger partial charge in [-0.15, -0.1) is 0 Å². The van der Waals surface area contributed by atoms with Crippen molar-refractivity contribution in [3.63, 3.8) is 0 Å². The predicted octanol–water partition coefficient (Wildman–Crippen LogP) is 3.84. The molecule has 0 radical (unpaired) electrons. The van der Waals surface area contributed by atoms with Gasteiger partial charge in [0.25, 0.3) is 5.91 Å². The molecule has 3 rings (SSSR count). The van der Waals surface area contributed by atoms with E-state index in [2.05, 4.69) is 37.3 Å². The highest BCUT2D eigenvalue weighted by Gasteiger charge is 2.30. The van der Waals surface area contributed by atoms with Crippen molar-refractivity contribution < 1.29 is 4.79 Å². The maximum Gasteiger partial charge on any atom is 0.254 e. The van der Waals surface area contributed by atoms with Crippen LogP contribution >= 0.6 is 0 Å². The fourth-order valence-electron chi connectivity index (χ4n) is 3.03. The zero-order valence-corrected chi connectivity index (χ0v) is 12.6. The summed E-state index contributed by atoms with van der Waals surface area (Å²) in [5, 5.41) is 8.99. The van der Waals surface area contributed by atoms with Crippen LogP contribution in [0.2, 0.25) is 0 Å². The molecule has 3 heteroatoms. The number of rotatable bonds is 2. The Bertz CT molecular complexity index is 728. The number of nitrogens with zero attached hydrogens (tertiary/aromatic N) is 2. The summed E-state index contributed by atoms with van der Waals surface area (Å²) in [5.41, 5.74) is 3.53. The van der Waals surface area contributed by atoms with Gasteiger partial charge in [-0.3, -0.25) is 4.79 Å². The summed E-state index contributed by atoms with van der Waals surface area (Å²) in [6.07, 6.45) is 2.01. The van der Waals surface area contributed by atoms with E-state index >= 15 is 0 Å². The summed E-state index contributed by atoms with van der Waals surface area (Å²) >= 11 is 0. The van der Waals surface area contributed by atoms with E-state index in [-0.39, 0.29) is 11.9 Å². The molecule has 1 atom stereocenters. The third-order valence-corrected chi connectivity index (χ3v) is 4.21. The topological polar surface area (TPSA) is 44.1 Å². The van der Waals surface area contributed by atoms with E-state index in [1.165, 1.54) is 11.1 Å². The van der Waals surface area contributed by atoms with Crippen LogP contribution in [0.25, 0.3) is 0 Å². The Hall–Kier alpha value is -2.60. The van der Waals surface area contributed by atoms with Gasteiger partial charge in [0.15, 0.2) is 0 Å². The van der Waals surface area contributed by atoms with Gasteiger partial charge in [0, 0.05) is 12.1 Å². The number of benzene rings is 2. The minimum atomic E-state index is 0.0141. The lowest BCUT2D eigenvalue weighted by Gasteiger charge is -2.25. The fraction of sp³-hybridized carbons (Fsp3) is 0.263. The standard InChI is InChI=1S/C19H18N2O/c1-14-7-9-16(10-8-14)18-6-3-11-21(18)19(22)17-5-2-4-15(12-17)13-20/h2,4-5,7-10,12,18H,3,6,11H2,1H3. The molecule has 22 heavy (non-hydrogen) atoms. The van der Waals surface area contributed by atoms with E-state index < -0.39 is 0 Å². The highest BCUT2D eigenvalue weighted by Crippen LogP contribution is 2.33. The van der Waals surface area contributed by atoms with Crippen LogP contribution in [0.3, 0.4) is 0 Å². The second-order valence-electron chi connectivity index (χ2n) is 5.76. The Morgan fingerprint density at radius 2 is 2.00 bits per heavy atom. The number of hydrogen-bond acceptors (Lipinski definition) is 2. The molecule has 1 unspecified atom stereocenters. The van der Waals surface area contributed by atoms with Crippen molar-refractivity contribution in [3.8, 4) is 6.07 Å². The summed E-state index contributed by atoms with van der Waals surface area (Å²) in [7, 11) is 0. The highest BCUT2D eigenvalue weighted by atomic mass is 16.2. The Morgan fingerprint density at radius 1 is 1.23 bits per heavy atom. The molecule has 0 bridgehead atoms. The van der Waals surface area contributed by atoms with E-state index in [0.29, 0.717) is 11.1 Å². The van der Waals surface area contributed by atoms with Crippen LogP contribution in [-0.4, -0.2) is 17.4 Å². The first-order chi connectivity index (χ1) is 10.7. The molecule has 2 aromatic rings. The average molecular weight is 290 g/mol. The van der Waals surface area contributed by atoms with Gasteiger partial charge in [0.1, 0.15) is 0 Å². The number of amides is 1. The lowest BCUT2D eigenvalue weighted by atomic mass is 10.0. The largest absolute Gasteiger partial charge is 0.332 e. The van der Waals surface area contributed by atoms with Crippen molar-refractivity contribution in [2.24, 2.45) is 0 Å². The first kappa shape index (κ1) is 14.3. The monoisotopic (exact) mass is 290 g/mol. The summed E-state index contributed by atoms with van der Waals surface area (Å²) in [5.74, 6) is 0.0141. The van der Waals surface area contributed by atoms with Crippen molar-refractivity contribution in [1.29, 1.82) is 5.26 Å². The Balaban J connectivity index is 1.87. The second-order valence-corrected chi connectivity index (χ2v) is 5.76. The molecule has 1 heterocycles. The van der Waals surface area contributed by atoms with E-state index in [0.717, 1.165) is 19.4 Å². The minimum absolute atomic E-state index is 0.0141. The third-order valence-electron chi connectivity index (χ3n) is 4.21. The van der Waals surface area contributed by atoms with Crippen LogP contribution in [0.15, 0.2) is 48.5 Å². The van der Waals surface area contributed by atoms with Crippen LogP contribution < -0.4 is 0 Å². The molecule has 0 aromatic heterocycles. The van der Waals surface area contributed by atoms with Gasteiger partial charge in [-0.05, 0) is 43.5 Å². The number of hydrogen-bond donors (Lipinski definition) is 0. The van der Waals surface area contributed by atoms with Crippen LogP contribution in [0.4, 0.5) is 0 Å². The molecule has 1 aliphatic heterocycles. The molecular weight excluding hydrogens is 272 g/mol. The first-order valence-corrected chi connectivity index (χ1v) is 7.57. The van der Waals surface area contributed by atoms with Gasteiger partial charge < -0.3 is 4.90 Å². The van der Waals surface area contributed by atoms with E-state index in [9.17, 15) is 4.79 Å². The summed E-state index contributed by atoms with van der Waals surface area (Å²) in [6, 6.07) is 17.6. The van der Waals surface area contributed by atoms with Crippen LogP contribution in [-0.2, 0) is 0 Å². The molecule has 1 saturated heterocycles. The molecule has 2 aromatic carbocycles. The zero-order valence-electron chi connectivity index (χ0n) is 12.6. The number of aryl methyl sites for hydroxylation is 1. The van der Waals surface area contributed by atoms with Crippen molar-refractivity contribution in [3.05, 3.63) is 70.8 Å². The van der Waals surface area contributed by atoms with Gasteiger partial charge in [-0.1, -0.05) is 35.9 Å². The second kappa shape index (κ2) is 6.03. The Morgan fingerprint density at radius 3 is 2.73 bits per heavy atom. The van der Waals surface area contributed by atoms with Crippen molar-refractivity contribution in [1.82, 2.24) is 4.90 Å². The van der Waals surface area contributed by atoms with Gasteiger partial charge in [-0.25, -0.2) is 0 Å². The van der Waals surface area contributed by atoms with Crippen LogP contribution in [0, 0.1) is 18.3 Å². The van der Waals surface area contributed by atoms with E-state index in [1.807, 2.05) is 4.90 Å². The van der Waals surface area contributed by atoms with E-state index in [4.69, 9.17) is 5.26 Å². The van der Waals surface area contributed by atoms with Crippen molar-refractivity contribution >= 4 is 5.91 Å². The van der Waals surface area contributed by atoms with Gasteiger partial charge in [0.2, 0.25) is 0 Å². The number of carbonyl (C=O) groups excluding carboxylic acids is 1. The van der Waals surface area contributed by atoms with Gasteiger partial charge in [0.05, 0.1) is 17.7 Å². The molecule has 3 nitrogen and oxygen atoms in total. The molecule has 1 amide bonds. The normalized spacial score (nSPS) is 17.3. The third kappa shape index (κ3) is 2.73. The van der Waals surface area contributed by atoms with Crippen molar-refractivity contribution in [2.75, 3.05) is 6.54 Å². The minimum Gasteiger partial charge on any atom is -0.332 e. The van der Waals surface area contributed by atoms with Crippen LogP contribution in [0.1, 0.15) is 45.9 Å². The van der Waals surface area contributed by atoms with Gasteiger partial charge >= 0.3 is 0 Å². The summed E-state index contributed by atoms with van der Waals surface area (Å²) in [4.78, 5) is 14.7. The number of likely N-dealkylation sites (tertiary alicyclic amines) is 1. The highest BCUT2D eigenvalue weighted by molar-refractivity contribution is 5.95. The molecule has 0 saturated carbocycles. The SMILES string of the molecule is Cc1ccc(C2CCCN2C(=O)c2cccc(C#N)c2)cc1. The van der Waals surface area contributed by atoms with Gasteiger partial charge in [-0.2, -0.15) is 5.26 Å². The Labute approximate surface area is 130 Å². The maximum atomic E-state index is 12.8. The van der Waals surface area contributed by atoms with Crippen LogP contribution in [0.5, 0.6) is 0 Å². The van der Waals surface area contributed by atoms with Crippen molar-refractivity contribution in [2.45, 2.75) is 25.8 Å². The lowest BCUT2D eigenvalue weighted by molar-refractivity contribution is 0.0735. The first-order valence-electron chi connectivity index (χ1n) is 7.57. The average Bonchev–Trinajstić information content (AvgIpc) is 3.04. The molecule has 1 fully saturated rings. The Kier molecular flexibility index (Phi) is 3.93. The molecular formula is C19H18N2O. The van der Waals surface area contributed by atoms with E-state index in [1.54, 1.807) is 24.3 Å². The molecule has 1 aliphatic rings. The predicted molar refractivity (Wildman–Crippen MR) is 85.3 cm³/mol. The number of nitriles is 1. The molecule has 110 valence electrons. The maximum absolute atomic E-state index is 12.8. The lowest BCUT2D eigenvalue weighted by Crippen LogP contribution is -2.30. The smallest absolute Gasteiger partial charge is 0.254 e. The molecule has 0 N–H and O–H groups in total. The zero-order chi connectivity index (χ0) is 15.5. The summed E-state index contributed by atoms with van der Waals surface area (Å²) < 4.78 is 0.